The molecule has 1 rings (SSSR count). The van der Waals surface area contributed by atoms with E-state index < -0.39 is 0 Å². The summed E-state index contributed by atoms with van der Waals surface area (Å²) in [5.74, 6) is 0. The van der Waals surface area contributed by atoms with Crippen LogP contribution >= 0.6 is 0 Å². The van der Waals surface area contributed by atoms with E-state index in [0.717, 1.165) is 24.2 Å². The molecular formula is C7H11N2. The fourth-order valence-electron chi connectivity index (χ4n) is 0.908. The van der Waals surface area contributed by atoms with Crippen LogP contribution in [-0.2, 0) is 0 Å². The monoisotopic (exact) mass is 123 g/mol. The highest BCUT2D eigenvalue weighted by Gasteiger charge is 2.06. The summed E-state index contributed by atoms with van der Waals surface area (Å²) in [7, 11) is 0. The molecule has 0 amide bonds. The second kappa shape index (κ2) is 2.67. The first-order valence-corrected chi connectivity index (χ1v) is 3.33. The Hall–Kier alpha value is -0.790. The van der Waals surface area contributed by atoms with Gasteiger partial charge in [0.1, 0.15) is 6.34 Å². The summed E-state index contributed by atoms with van der Waals surface area (Å²) in [5, 5.41) is 4.09. The molecule has 1 radical (unpaired) electrons. The van der Waals surface area contributed by atoms with Crippen molar-refractivity contribution in [3.05, 3.63) is 11.4 Å². The van der Waals surface area contributed by atoms with E-state index in [4.69, 9.17) is 0 Å². The van der Waals surface area contributed by atoms with Gasteiger partial charge in [0, 0.05) is 0 Å². The summed E-state index contributed by atoms with van der Waals surface area (Å²) < 4.78 is 0. The van der Waals surface area contributed by atoms with Gasteiger partial charge in [0.15, 0.2) is 0 Å². The van der Waals surface area contributed by atoms with Crippen molar-refractivity contribution in [2.45, 2.75) is 26.7 Å². The van der Waals surface area contributed by atoms with Gasteiger partial charge in [-0.05, 0) is 12.8 Å². The SMILES string of the molecule is CCC1=C(CC)N=C[N]1. The second-order valence-corrected chi connectivity index (χ2v) is 1.97. The smallest absolute Gasteiger partial charge is 0.116 e. The van der Waals surface area contributed by atoms with Crippen LogP contribution in [0.1, 0.15) is 26.7 Å². The van der Waals surface area contributed by atoms with E-state index in [1.165, 1.54) is 0 Å². The maximum atomic E-state index is 4.09. The Morgan fingerprint density at radius 3 is 2.33 bits per heavy atom. The van der Waals surface area contributed by atoms with E-state index in [9.17, 15) is 0 Å². The van der Waals surface area contributed by atoms with E-state index in [1.807, 2.05) is 0 Å². The topological polar surface area (TPSA) is 26.5 Å². The number of aliphatic imine (C=N–C) groups is 1. The van der Waals surface area contributed by atoms with Crippen molar-refractivity contribution in [1.29, 1.82) is 0 Å². The lowest BCUT2D eigenvalue weighted by molar-refractivity contribution is 0.936. The molecule has 0 fully saturated rings. The number of nitrogens with zero attached hydrogens (tertiary/aromatic N) is 2. The maximum Gasteiger partial charge on any atom is 0.116 e. The Balaban J connectivity index is 2.67. The fraction of sp³-hybridized carbons (Fsp3) is 0.571. The molecule has 0 aromatic heterocycles. The third kappa shape index (κ3) is 1.12. The van der Waals surface area contributed by atoms with Crippen LogP contribution in [0.25, 0.3) is 0 Å². The number of hydrogen-bond donors (Lipinski definition) is 0. The lowest BCUT2D eigenvalue weighted by Gasteiger charge is -1.95. The molecule has 1 aliphatic heterocycles. The van der Waals surface area contributed by atoms with Gasteiger partial charge in [0.05, 0.1) is 11.4 Å². The van der Waals surface area contributed by atoms with Crippen LogP contribution < -0.4 is 5.32 Å². The molecule has 0 saturated carbocycles. The quantitative estimate of drug-likeness (QED) is 0.534. The highest BCUT2D eigenvalue weighted by Crippen LogP contribution is 2.14. The minimum atomic E-state index is 1.00. The first-order chi connectivity index (χ1) is 4.38. The van der Waals surface area contributed by atoms with Crippen molar-refractivity contribution in [2.24, 2.45) is 4.99 Å². The van der Waals surface area contributed by atoms with E-state index in [2.05, 4.69) is 24.2 Å². The van der Waals surface area contributed by atoms with Crippen LogP contribution in [0.5, 0.6) is 0 Å². The third-order valence-electron chi connectivity index (χ3n) is 1.43. The summed E-state index contributed by atoms with van der Waals surface area (Å²) in [6.07, 6.45) is 3.64. The fourth-order valence-corrected chi connectivity index (χ4v) is 0.908. The molecule has 0 unspecified atom stereocenters. The van der Waals surface area contributed by atoms with Crippen molar-refractivity contribution >= 4 is 6.34 Å². The van der Waals surface area contributed by atoms with Crippen LogP contribution in [-0.4, -0.2) is 6.34 Å². The average molecular weight is 123 g/mol. The van der Waals surface area contributed by atoms with Crippen molar-refractivity contribution in [3.8, 4) is 0 Å². The predicted octanol–water partition coefficient (Wildman–Crippen LogP) is 1.66. The highest BCUT2D eigenvalue weighted by atomic mass is 15.0. The van der Waals surface area contributed by atoms with E-state index in [-0.39, 0.29) is 0 Å². The van der Waals surface area contributed by atoms with Crippen molar-refractivity contribution in [1.82, 2.24) is 5.32 Å². The summed E-state index contributed by atoms with van der Waals surface area (Å²) in [5.41, 5.74) is 2.30. The molecule has 0 bridgehead atoms. The van der Waals surface area contributed by atoms with Gasteiger partial charge in [-0.2, -0.15) is 0 Å². The summed E-state index contributed by atoms with van der Waals surface area (Å²) in [6, 6.07) is 0. The zero-order valence-corrected chi connectivity index (χ0v) is 5.89. The third-order valence-corrected chi connectivity index (χ3v) is 1.43. The van der Waals surface area contributed by atoms with Gasteiger partial charge in [0.25, 0.3) is 0 Å². The van der Waals surface area contributed by atoms with Gasteiger partial charge in [-0.3, -0.25) is 0 Å². The van der Waals surface area contributed by atoms with Crippen LogP contribution in [0.15, 0.2) is 16.4 Å². The Morgan fingerprint density at radius 2 is 1.89 bits per heavy atom. The Bertz CT molecular complexity index is 156. The summed E-state index contributed by atoms with van der Waals surface area (Å²) in [6.45, 7) is 4.20. The second-order valence-electron chi connectivity index (χ2n) is 1.97. The van der Waals surface area contributed by atoms with Crippen molar-refractivity contribution in [3.63, 3.8) is 0 Å². The summed E-state index contributed by atoms with van der Waals surface area (Å²) >= 11 is 0. The maximum absolute atomic E-state index is 4.09. The standard InChI is InChI=1S/C7H11N2/c1-3-6-7(4-2)9-5-8-6/h5H,3-4H2,1-2H3. The molecule has 0 atom stereocenters. The van der Waals surface area contributed by atoms with Crippen LogP contribution in [0.3, 0.4) is 0 Å². The Kier molecular flexibility index (Phi) is 1.88. The Labute approximate surface area is 55.7 Å². The molecule has 0 N–H and O–H groups in total. The minimum absolute atomic E-state index is 1.00. The molecule has 2 heteroatoms. The number of rotatable bonds is 2. The molecule has 0 spiro atoms. The molecule has 0 aromatic rings. The van der Waals surface area contributed by atoms with Gasteiger partial charge in [-0.1, -0.05) is 13.8 Å². The van der Waals surface area contributed by atoms with Crippen LogP contribution in [0.2, 0.25) is 0 Å². The molecular weight excluding hydrogens is 112 g/mol. The van der Waals surface area contributed by atoms with Crippen LogP contribution in [0, 0.1) is 0 Å². The number of allylic oxidation sites excluding steroid dienone is 2. The van der Waals surface area contributed by atoms with E-state index in [0.29, 0.717) is 0 Å². The van der Waals surface area contributed by atoms with Gasteiger partial charge >= 0.3 is 0 Å². The van der Waals surface area contributed by atoms with E-state index in [1.54, 1.807) is 6.34 Å². The summed E-state index contributed by atoms with van der Waals surface area (Å²) in [4.78, 5) is 4.09. The molecule has 1 aliphatic rings. The van der Waals surface area contributed by atoms with Gasteiger partial charge < -0.3 is 0 Å². The zero-order chi connectivity index (χ0) is 6.69. The molecule has 0 aliphatic carbocycles. The first-order valence-electron chi connectivity index (χ1n) is 3.33. The molecule has 0 aromatic carbocycles. The molecule has 0 saturated heterocycles. The largest absolute Gasteiger partial charge is 0.240 e. The van der Waals surface area contributed by atoms with Gasteiger partial charge in [-0.25, -0.2) is 10.3 Å². The van der Waals surface area contributed by atoms with Crippen molar-refractivity contribution < 1.29 is 0 Å². The minimum Gasteiger partial charge on any atom is -0.240 e. The molecule has 49 valence electrons. The lowest BCUT2D eigenvalue weighted by atomic mass is 10.2. The highest BCUT2D eigenvalue weighted by molar-refractivity contribution is 5.63. The molecule has 9 heavy (non-hydrogen) atoms. The zero-order valence-electron chi connectivity index (χ0n) is 5.89. The van der Waals surface area contributed by atoms with Gasteiger partial charge in [-0.15, -0.1) is 0 Å². The molecule has 2 nitrogen and oxygen atoms in total. The van der Waals surface area contributed by atoms with E-state index >= 15 is 0 Å². The van der Waals surface area contributed by atoms with Crippen LogP contribution in [0.4, 0.5) is 0 Å². The first kappa shape index (κ1) is 6.33. The normalized spacial score (nSPS) is 16.7. The van der Waals surface area contributed by atoms with Crippen molar-refractivity contribution in [2.75, 3.05) is 0 Å². The average Bonchev–Trinajstić information content (AvgIpc) is 2.33. The lowest BCUT2D eigenvalue weighted by Crippen LogP contribution is -1.95. The Morgan fingerprint density at radius 1 is 1.22 bits per heavy atom. The van der Waals surface area contributed by atoms with Gasteiger partial charge in [0.2, 0.25) is 0 Å². The molecule has 1 heterocycles. The number of hydrogen-bond acceptors (Lipinski definition) is 1. The predicted molar refractivity (Wildman–Crippen MR) is 38.2 cm³/mol.